The molecule has 26 heavy (non-hydrogen) atoms. The van der Waals surface area contributed by atoms with Crippen LogP contribution in [-0.2, 0) is 19.1 Å². The number of hydrogen-bond donors (Lipinski definition) is 0. The Morgan fingerprint density at radius 3 is 2.04 bits per heavy atom. The molecule has 140 valence electrons. The normalized spacial score (nSPS) is 15.7. The van der Waals surface area contributed by atoms with E-state index in [1.54, 1.807) is 24.3 Å². The minimum atomic E-state index is -0.968. The van der Waals surface area contributed by atoms with Crippen LogP contribution in [-0.4, -0.2) is 47.9 Å². The van der Waals surface area contributed by atoms with Gasteiger partial charge in [-0.3, -0.25) is 24.1 Å². The summed E-state index contributed by atoms with van der Waals surface area (Å²) < 4.78 is 9.98. The van der Waals surface area contributed by atoms with Gasteiger partial charge in [0.15, 0.2) is 0 Å². The molecule has 0 fully saturated rings. The maximum Gasteiger partial charge on any atom is 0.309 e. The summed E-state index contributed by atoms with van der Waals surface area (Å²) in [5.74, 6) is -1.97. The lowest BCUT2D eigenvalue weighted by molar-refractivity contribution is -0.155. The second-order valence-electron chi connectivity index (χ2n) is 6.65. The Labute approximate surface area is 152 Å². The van der Waals surface area contributed by atoms with Crippen LogP contribution in [0, 0.1) is 5.92 Å². The lowest BCUT2D eigenvalue weighted by Crippen LogP contribution is -2.49. The molecule has 0 aromatic heterocycles. The molecule has 0 N–H and O–H groups in total. The van der Waals surface area contributed by atoms with Crippen molar-refractivity contribution in [2.45, 2.75) is 45.8 Å². The largest absolute Gasteiger partial charge is 0.469 e. The Morgan fingerprint density at radius 1 is 1.08 bits per heavy atom. The summed E-state index contributed by atoms with van der Waals surface area (Å²) in [7, 11) is 1.23. The fourth-order valence-electron chi connectivity index (χ4n) is 3.13. The van der Waals surface area contributed by atoms with E-state index < -0.39 is 35.9 Å². The van der Waals surface area contributed by atoms with Gasteiger partial charge in [-0.1, -0.05) is 26.0 Å². The molecule has 2 rings (SSSR count). The van der Waals surface area contributed by atoms with Gasteiger partial charge in [-0.2, -0.15) is 0 Å². The van der Waals surface area contributed by atoms with Gasteiger partial charge in [0.2, 0.25) is 0 Å². The molecule has 1 aromatic rings. The molecule has 0 unspecified atom stereocenters. The number of hydrogen-bond acceptors (Lipinski definition) is 6. The van der Waals surface area contributed by atoms with E-state index in [9.17, 15) is 19.2 Å². The molecule has 0 bridgehead atoms. The third-order valence-electron chi connectivity index (χ3n) is 4.21. The van der Waals surface area contributed by atoms with E-state index in [0.29, 0.717) is 17.5 Å². The summed E-state index contributed by atoms with van der Waals surface area (Å²) in [6, 6.07) is 5.78. The zero-order valence-corrected chi connectivity index (χ0v) is 15.4. The molecule has 0 radical (unpaired) electrons. The third kappa shape index (κ3) is 4.09. The molecule has 0 saturated carbocycles. The molecular formula is C19H23NO6. The van der Waals surface area contributed by atoms with Crippen LogP contribution in [0.5, 0.6) is 0 Å². The Balaban J connectivity index is 2.42. The molecule has 7 nitrogen and oxygen atoms in total. The summed E-state index contributed by atoms with van der Waals surface area (Å²) in [5, 5.41) is 0. The second kappa shape index (κ2) is 8.12. The number of amides is 2. The van der Waals surface area contributed by atoms with Crippen LogP contribution in [0.4, 0.5) is 0 Å². The smallest absolute Gasteiger partial charge is 0.309 e. The monoisotopic (exact) mass is 361 g/mol. The maximum atomic E-state index is 12.8. The Bertz CT molecular complexity index is 691. The molecule has 1 heterocycles. The fourth-order valence-corrected chi connectivity index (χ4v) is 3.13. The van der Waals surface area contributed by atoms with E-state index in [2.05, 4.69) is 4.74 Å². The molecule has 1 aliphatic heterocycles. The number of nitrogens with zero attached hydrogens (tertiary/aromatic N) is 1. The minimum absolute atomic E-state index is 0.0972. The van der Waals surface area contributed by atoms with Crippen molar-refractivity contribution in [1.82, 2.24) is 4.90 Å². The summed E-state index contributed by atoms with van der Waals surface area (Å²) in [4.78, 5) is 50.1. The van der Waals surface area contributed by atoms with Crippen LogP contribution < -0.4 is 0 Å². The topological polar surface area (TPSA) is 90.0 Å². The number of methoxy groups -OCH3 is 1. The quantitative estimate of drug-likeness (QED) is 0.546. The summed E-state index contributed by atoms with van der Waals surface area (Å²) in [6.45, 7) is 5.07. The van der Waals surface area contributed by atoms with E-state index in [-0.39, 0.29) is 12.3 Å². The lowest BCUT2D eigenvalue weighted by atomic mass is 9.95. The van der Waals surface area contributed by atoms with E-state index in [0.717, 1.165) is 4.90 Å². The van der Waals surface area contributed by atoms with Crippen molar-refractivity contribution in [2.24, 2.45) is 5.92 Å². The Kier molecular flexibility index (Phi) is 6.13. The highest BCUT2D eigenvalue weighted by Gasteiger charge is 2.44. The van der Waals surface area contributed by atoms with E-state index in [1.807, 2.05) is 13.8 Å². The number of esters is 2. The van der Waals surface area contributed by atoms with Gasteiger partial charge < -0.3 is 9.47 Å². The van der Waals surface area contributed by atoms with Crippen LogP contribution in [0.1, 0.15) is 54.3 Å². The third-order valence-corrected chi connectivity index (χ3v) is 4.21. The molecule has 7 heteroatoms. The van der Waals surface area contributed by atoms with Crippen LogP contribution in [0.3, 0.4) is 0 Å². The van der Waals surface area contributed by atoms with Crippen molar-refractivity contribution in [3.05, 3.63) is 35.4 Å². The minimum Gasteiger partial charge on any atom is -0.469 e. The molecule has 1 aliphatic rings. The SMILES string of the molecule is COC(=O)C[C@H](OC(C)=O)[C@H](CC(C)C)N1C(=O)c2ccccc2C1=O. The van der Waals surface area contributed by atoms with Gasteiger partial charge in [-0.25, -0.2) is 0 Å². The zero-order chi connectivity index (χ0) is 19.4. The van der Waals surface area contributed by atoms with Gasteiger partial charge in [0.1, 0.15) is 6.10 Å². The van der Waals surface area contributed by atoms with Crippen molar-refractivity contribution in [3.8, 4) is 0 Å². The van der Waals surface area contributed by atoms with E-state index >= 15 is 0 Å². The standard InChI is InChI=1S/C19H23NO6/c1-11(2)9-15(16(26-12(3)21)10-17(22)25-4)20-18(23)13-7-5-6-8-14(13)19(20)24/h5-8,11,15-16H,9-10H2,1-4H3/t15-,16-/m0/s1. The molecule has 0 aliphatic carbocycles. The molecule has 2 amide bonds. The Morgan fingerprint density at radius 2 is 1.62 bits per heavy atom. The van der Waals surface area contributed by atoms with Gasteiger partial charge in [0, 0.05) is 6.92 Å². The number of rotatable bonds is 7. The first-order valence-corrected chi connectivity index (χ1v) is 8.47. The number of imide groups is 1. The van der Waals surface area contributed by atoms with Gasteiger partial charge in [0.25, 0.3) is 11.8 Å². The predicted molar refractivity (Wildman–Crippen MR) is 92.4 cm³/mol. The van der Waals surface area contributed by atoms with Crippen LogP contribution in [0.2, 0.25) is 0 Å². The van der Waals surface area contributed by atoms with Crippen molar-refractivity contribution in [2.75, 3.05) is 7.11 Å². The predicted octanol–water partition coefficient (Wildman–Crippen LogP) is 2.19. The molecule has 0 saturated heterocycles. The summed E-state index contributed by atoms with van der Waals surface area (Å²) >= 11 is 0. The fraction of sp³-hybridized carbons (Fsp3) is 0.474. The molecule has 0 spiro atoms. The van der Waals surface area contributed by atoms with E-state index in [4.69, 9.17) is 4.74 Å². The first-order valence-electron chi connectivity index (χ1n) is 8.47. The highest BCUT2D eigenvalue weighted by Crippen LogP contribution is 2.30. The second-order valence-corrected chi connectivity index (χ2v) is 6.65. The summed E-state index contributed by atoms with van der Waals surface area (Å²) in [5.41, 5.74) is 0.622. The average molecular weight is 361 g/mol. The lowest BCUT2D eigenvalue weighted by Gasteiger charge is -2.33. The van der Waals surface area contributed by atoms with Crippen LogP contribution in [0.15, 0.2) is 24.3 Å². The van der Waals surface area contributed by atoms with Gasteiger partial charge in [-0.15, -0.1) is 0 Å². The van der Waals surface area contributed by atoms with Crippen molar-refractivity contribution in [3.63, 3.8) is 0 Å². The zero-order valence-electron chi connectivity index (χ0n) is 15.4. The van der Waals surface area contributed by atoms with E-state index in [1.165, 1.54) is 14.0 Å². The van der Waals surface area contributed by atoms with Gasteiger partial charge >= 0.3 is 11.9 Å². The maximum absolute atomic E-state index is 12.8. The number of ether oxygens (including phenoxy) is 2. The van der Waals surface area contributed by atoms with Crippen molar-refractivity contribution in [1.29, 1.82) is 0 Å². The van der Waals surface area contributed by atoms with Crippen LogP contribution in [0.25, 0.3) is 0 Å². The Hall–Kier alpha value is -2.70. The first kappa shape index (κ1) is 19.6. The highest BCUT2D eigenvalue weighted by atomic mass is 16.6. The van der Waals surface area contributed by atoms with Gasteiger partial charge in [0.05, 0.1) is 30.7 Å². The molecule has 1 aromatic carbocycles. The molecular weight excluding hydrogens is 338 g/mol. The summed E-state index contributed by atoms with van der Waals surface area (Å²) in [6.07, 6.45) is -0.814. The number of carbonyl (C=O) groups excluding carboxylic acids is 4. The van der Waals surface area contributed by atoms with Crippen molar-refractivity contribution < 1.29 is 28.7 Å². The van der Waals surface area contributed by atoms with Crippen LogP contribution >= 0.6 is 0 Å². The average Bonchev–Trinajstić information content (AvgIpc) is 2.83. The number of benzene rings is 1. The number of fused-ring (bicyclic) bond motifs is 1. The van der Waals surface area contributed by atoms with Crippen molar-refractivity contribution >= 4 is 23.8 Å². The molecule has 2 atom stereocenters. The number of carbonyl (C=O) groups is 4. The first-order chi connectivity index (χ1) is 12.3. The van der Waals surface area contributed by atoms with Gasteiger partial charge in [-0.05, 0) is 24.5 Å². The highest BCUT2D eigenvalue weighted by molar-refractivity contribution is 6.21.